The highest BCUT2D eigenvalue weighted by molar-refractivity contribution is 7.89. The van der Waals surface area contributed by atoms with Gasteiger partial charge in [0.2, 0.25) is 10.0 Å². The van der Waals surface area contributed by atoms with E-state index in [0.717, 1.165) is 0 Å². The van der Waals surface area contributed by atoms with Crippen LogP contribution < -0.4 is 10.5 Å². The van der Waals surface area contributed by atoms with Crippen LogP contribution >= 0.6 is 0 Å². The van der Waals surface area contributed by atoms with Crippen LogP contribution in [0.2, 0.25) is 0 Å². The third kappa shape index (κ3) is 3.36. The van der Waals surface area contributed by atoms with Gasteiger partial charge in [0.1, 0.15) is 0 Å². The number of hydrogen-bond donors (Lipinski definition) is 2. The molecule has 1 aromatic rings. The molecule has 0 amide bonds. The Labute approximate surface area is 118 Å². The third-order valence-corrected chi connectivity index (χ3v) is 4.71. The quantitative estimate of drug-likeness (QED) is 0.777. The first-order chi connectivity index (χ1) is 9.42. The van der Waals surface area contributed by atoms with E-state index in [1.165, 1.54) is 24.3 Å². The van der Waals surface area contributed by atoms with Crippen molar-refractivity contribution in [2.45, 2.75) is 36.7 Å². The van der Waals surface area contributed by atoms with Gasteiger partial charge in [-0.05, 0) is 44.0 Å². The average molecular weight is 298 g/mol. The highest BCUT2D eigenvalue weighted by atomic mass is 32.2. The van der Waals surface area contributed by atoms with Crippen LogP contribution in [0, 0.1) is 0 Å². The minimum absolute atomic E-state index is 0.0777. The molecular formula is C13H18N2O4S. The van der Waals surface area contributed by atoms with Gasteiger partial charge in [-0.1, -0.05) is 0 Å². The summed E-state index contributed by atoms with van der Waals surface area (Å²) in [5.41, 5.74) is 5.95. The second kappa shape index (κ2) is 5.90. The molecule has 1 fully saturated rings. The Morgan fingerprint density at radius 3 is 2.45 bits per heavy atom. The number of nitrogens with two attached hydrogens (primary N) is 1. The fourth-order valence-electron chi connectivity index (χ4n) is 2.03. The van der Waals surface area contributed by atoms with Gasteiger partial charge in [0.15, 0.2) is 0 Å². The molecule has 0 unspecified atom stereocenters. The Balaban J connectivity index is 2.06. The second-order valence-electron chi connectivity index (χ2n) is 4.79. The summed E-state index contributed by atoms with van der Waals surface area (Å²) in [6, 6.07) is 5.66. The molecule has 0 saturated heterocycles. The first-order valence-corrected chi connectivity index (χ1v) is 7.96. The van der Waals surface area contributed by atoms with Crippen molar-refractivity contribution in [3.8, 4) is 0 Å². The van der Waals surface area contributed by atoms with Crippen molar-refractivity contribution in [3.63, 3.8) is 0 Å². The van der Waals surface area contributed by atoms with Gasteiger partial charge < -0.3 is 10.5 Å². The Hall–Kier alpha value is -1.44. The highest BCUT2D eigenvalue weighted by Crippen LogP contribution is 2.20. The normalized spacial score (nSPS) is 22.1. The fourth-order valence-corrected chi connectivity index (χ4v) is 3.29. The maximum Gasteiger partial charge on any atom is 0.338 e. The van der Waals surface area contributed by atoms with Crippen molar-refractivity contribution in [2.24, 2.45) is 5.73 Å². The van der Waals surface area contributed by atoms with Crippen LogP contribution in [0.4, 0.5) is 0 Å². The van der Waals surface area contributed by atoms with E-state index in [9.17, 15) is 13.2 Å². The van der Waals surface area contributed by atoms with Crippen molar-refractivity contribution in [3.05, 3.63) is 29.8 Å². The Kier molecular flexibility index (Phi) is 4.42. The van der Waals surface area contributed by atoms with Gasteiger partial charge in [-0.25, -0.2) is 17.9 Å². The van der Waals surface area contributed by atoms with Gasteiger partial charge in [0.05, 0.1) is 17.1 Å². The molecule has 1 saturated carbocycles. The number of carbonyl (C=O) groups excluding carboxylic acids is 1. The van der Waals surface area contributed by atoms with Crippen LogP contribution in [0.25, 0.3) is 0 Å². The standard InChI is InChI=1S/C13H18N2O4S/c1-2-19-13(16)9-3-5-12(6-4-9)20(17,18)15-11-7-10(14)8-11/h3-6,10-11,15H,2,7-8,14H2,1H3. The number of sulfonamides is 1. The monoisotopic (exact) mass is 298 g/mol. The summed E-state index contributed by atoms with van der Waals surface area (Å²) in [7, 11) is -3.56. The molecule has 0 aromatic heterocycles. The van der Waals surface area contributed by atoms with E-state index in [1.807, 2.05) is 0 Å². The molecular weight excluding hydrogens is 280 g/mol. The zero-order valence-electron chi connectivity index (χ0n) is 11.2. The lowest BCUT2D eigenvalue weighted by molar-refractivity contribution is 0.0526. The molecule has 0 aliphatic heterocycles. The van der Waals surface area contributed by atoms with E-state index in [0.29, 0.717) is 18.4 Å². The molecule has 3 N–H and O–H groups in total. The number of carbonyl (C=O) groups is 1. The van der Waals surface area contributed by atoms with Crippen molar-refractivity contribution >= 4 is 16.0 Å². The lowest BCUT2D eigenvalue weighted by Crippen LogP contribution is -2.50. The predicted molar refractivity (Wildman–Crippen MR) is 73.7 cm³/mol. The highest BCUT2D eigenvalue weighted by Gasteiger charge is 2.30. The molecule has 7 heteroatoms. The molecule has 0 spiro atoms. The molecule has 110 valence electrons. The number of rotatable bonds is 5. The summed E-state index contributed by atoms with van der Waals surface area (Å²) in [6.45, 7) is 1.99. The summed E-state index contributed by atoms with van der Waals surface area (Å²) in [6.07, 6.45) is 1.31. The summed E-state index contributed by atoms with van der Waals surface area (Å²) >= 11 is 0. The van der Waals surface area contributed by atoms with Crippen LogP contribution in [-0.4, -0.2) is 33.1 Å². The van der Waals surface area contributed by atoms with Crippen molar-refractivity contribution in [1.29, 1.82) is 0 Å². The Bertz CT molecular complexity index is 577. The maximum atomic E-state index is 12.1. The molecule has 1 aromatic carbocycles. The average Bonchev–Trinajstić information content (AvgIpc) is 2.37. The van der Waals surface area contributed by atoms with Crippen LogP contribution in [0.15, 0.2) is 29.2 Å². The van der Waals surface area contributed by atoms with Gasteiger partial charge >= 0.3 is 5.97 Å². The van der Waals surface area contributed by atoms with Crippen LogP contribution in [-0.2, 0) is 14.8 Å². The van der Waals surface area contributed by atoms with Gasteiger partial charge in [-0.15, -0.1) is 0 Å². The first-order valence-electron chi connectivity index (χ1n) is 6.47. The van der Waals surface area contributed by atoms with Crippen molar-refractivity contribution in [1.82, 2.24) is 4.72 Å². The summed E-state index contributed by atoms with van der Waals surface area (Å²) in [5.74, 6) is -0.464. The van der Waals surface area contributed by atoms with E-state index >= 15 is 0 Å². The minimum atomic E-state index is -3.56. The number of esters is 1. The molecule has 6 nitrogen and oxygen atoms in total. The number of benzene rings is 1. The zero-order valence-corrected chi connectivity index (χ0v) is 12.0. The van der Waals surface area contributed by atoms with Crippen LogP contribution in [0.5, 0.6) is 0 Å². The summed E-state index contributed by atoms with van der Waals surface area (Å²) in [4.78, 5) is 11.6. The molecule has 1 aliphatic carbocycles. The number of nitrogens with one attached hydrogen (secondary N) is 1. The number of ether oxygens (including phenoxy) is 1. The largest absolute Gasteiger partial charge is 0.462 e. The zero-order chi connectivity index (χ0) is 14.8. The summed E-state index contributed by atoms with van der Waals surface area (Å²) in [5, 5.41) is 0. The van der Waals surface area contributed by atoms with Gasteiger partial charge in [0.25, 0.3) is 0 Å². The van der Waals surface area contributed by atoms with Gasteiger partial charge in [-0.3, -0.25) is 0 Å². The SMILES string of the molecule is CCOC(=O)c1ccc(S(=O)(=O)NC2CC(N)C2)cc1. The van der Waals surface area contributed by atoms with Crippen LogP contribution in [0.1, 0.15) is 30.1 Å². The van der Waals surface area contributed by atoms with E-state index in [2.05, 4.69) is 4.72 Å². The van der Waals surface area contributed by atoms with Crippen molar-refractivity contribution in [2.75, 3.05) is 6.61 Å². The van der Waals surface area contributed by atoms with Crippen molar-refractivity contribution < 1.29 is 17.9 Å². The van der Waals surface area contributed by atoms with Gasteiger partial charge in [0, 0.05) is 12.1 Å². The summed E-state index contributed by atoms with van der Waals surface area (Å²) < 4.78 is 31.6. The Morgan fingerprint density at radius 1 is 1.35 bits per heavy atom. The van der Waals surface area contributed by atoms with Crippen LogP contribution in [0.3, 0.4) is 0 Å². The van der Waals surface area contributed by atoms with E-state index < -0.39 is 16.0 Å². The Morgan fingerprint density at radius 2 is 1.95 bits per heavy atom. The molecule has 0 atom stereocenters. The number of hydrogen-bond acceptors (Lipinski definition) is 5. The third-order valence-electron chi connectivity index (χ3n) is 3.17. The predicted octanol–water partition coefficient (Wildman–Crippen LogP) is 0.631. The molecule has 0 bridgehead atoms. The molecule has 2 rings (SSSR count). The lowest BCUT2D eigenvalue weighted by atomic mass is 9.89. The maximum absolute atomic E-state index is 12.1. The molecule has 0 radical (unpaired) electrons. The lowest BCUT2D eigenvalue weighted by Gasteiger charge is -2.32. The van der Waals surface area contributed by atoms with Gasteiger partial charge in [-0.2, -0.15) is 0 Å². The van der Waals surface area contributed by atoms with E-state index in [-0.39, 0.29) is 23.6 Å². The molecule has 20 heavy (non-hydrogen) atoms. The van der Waals surface area contributed by atoms with E-state index in [4.69, 9.17) is 10.5 Å². The minimum Gasteiger partial charge on any atom is -0.462 e. The van der Waals surface area contributed by atoms with E-state index in [1.54, 1.807) is 6.92 Å². The fraction of sp³-hybridized carbons (Fsp3) is 0.462. The molecule has 1 aliphatic rings. The molecule has 0 heterocycles. The second-order valence-corrected chi connectivity index (χ2v) is 6.51. The first kappa shape index (κ1) is 15.0. The smallest absolute Gasteiger partial charge is 0.338 e. The topological polar surface area (TPSA) is 98.5 Å².